The number of carbonyl (C=O) groups excluding carboxylic acids is 1. The number of aryl methyl sites for hydroxylation is 4. The Morgan fingerprint density at radius 2 is 1.58 bits per heavy atom. The Balaban J connectivity index is 1.62. The highest BCUT2D eigenvalue weighted by atomic mass is 16.5. The number of ether oxygens (including phenoxy) is 1. The molecule has 5 heteroatoms. The van der Waals surface area contributed by atoms with Gasteiger partial charge in [-0.3, -0.25) is 4.79 Å². The zero-order valence-electron chi connectivity index (χ0n) is 19.6. The minimum absolute atomic E-state index is 0.0374. The smallest absolute Gasteiger partial charge is 0.226 e. The van der Waals surface area contributed by atoms with Gasteiger partial charge in [-0.1, -0.05) is 42.0 Å². The summed E-state index contributed by atoms with van der Waals surface area (Å²) in [5.74, 6) is 1.34. The molecule has 0 saturated carbocycles. The summed E-state index contributed by atoms with van der Waals surface area (Å²) >= 11 is 0. The fourth-order valence-electron chi connectivity index (χ4n) is 3.77. The normalized spacial score (nSPS) is 10.8. The highest BCUT2D eigenvalue weighted by molar-refractivity contribution is 5.90. The molecule has 0 aliphatic rings. The highest BCUT2D eigenvalue weighted by Gasteiger charge is 2.20. The van der Waals surface area contributed by atoms with Crippen LogP contribution < -0.4 is 10.1 Å². The van der Waals surface area contributed by atoms with Gasteiger partial charge in [0.15, 0.2) is 0 Å². The van der Waals surface area contributed by atoms with E-state index in [-0.39, 0.29) is 5.91 Å². The van der Waals surface area contributed by atoms with E-state index in [9.17, 15) is 4.79 Å². The standard InChI is InChI=1S/C28H29N3O2/c1-19-11-13-25(14-12-19)33-28-26(15-16-27(32)29-23-9-5-7-20(2)17-23)22(4)30-31(28)24-10-6-8-21(3)18-24/h5-14,17-18H,15-16H2,1-4H3,(H,29,32). The molecular weight excluding hydrogens is 410 g/mol. The maximum atomic E-state index is 12.7. The minimum Gasteiger partial charge on any atom is -0.439 e. The van der Waals surface area contributed by atoms with Crippen LogP contribution in [0.2, 0.25) is 0 Å². The van der Waals surface area contributed by atoms with Crippen molar-refractivity contribution in [1.82, 2.24) is 9.78 Å². The fraction of sp³-hybridized carbons (Fsp3) is 0.214. The summed E-state index contributed by atoms with van der Waals surface area (Å²) in [6.07, 6.45) is 0.856. The summed E-state index contributed by atoms with van der Waals surface area (Å²) < 4.78 is 8.18. The molecular formula is C28H29N3O2. The first-order valence-electron chi connectivity index (χ1n) is 11.2. The molecule has 1 heterocycles. The van der Waals surface area contributed by atoms with Crippen LogP contribution in [-0.2, 0) is 11.2 Å². The number of nitrogens with zero attached hydrogens (tertiary/aromatic N) is 2. The molecule has 5 nitrogen and oxygen atoms in total. The van der Waals surface area contributed by atoms with Gasteiger partial charge in [0.25, 0.3) is 0 Å². The molecule has 4 aromatic rings. The van der Waals surface area contributed by atoms with Crippen molar-refractivity contribution < 1.29 is 9.53 Å². The van der Waals surface area contributed by atoms with E-state index in [1.807, 2.05) is 86.1 Å². The van der Waals surface area contributed by atoms with E-state index >= 15 is 0 Å². The molecule has 0 aliphatic carbocycles. The predicted octanol–water partition coefficient (Wildman–Crippen LogP) is 6.47. The Bertz CT molecular complexity index is 1270. The second-order valence-corrected chi connectivity index (χ2v) is 8.45. The van der Waals surface area contributed by atoms with E-state index < -0.39 is 0 Å². The molecule has 1 amide bonds. The second kappa shape index (κ2) is 9.74. The molecule has 0 radical (unpaired) electrons. The summed E-state index contributed by atoms with van der Waals surface area (Å²) in [6, 6.07) is 23.9. The van der Waals surface area contributed by atoms with Gasteiger partial charge in [0.05, 0.1) is 11.4 Å². The first-order chi connectivity index (χ1) is 15.9. The predicted molar refractivity (Wildman–Crippen MR) is 132 cm³/mol. The van der Waals surface area contributed by atoms with Gasteiger partial charge >= 0.3 is 0 Å². The van der Waals surface area contributed by atoms with Crippen molar-refractivity contribution in [3.63, 3.8) is 0 Å². The van der Waals surface area contributed by atoms with Crippen LogP contribution in [0.5, 0.6) is 11.6 Å². The van der Waals surface area contributed by atoms with E-state index in [1.165, 1.54) is 5.56 Å². The minimum atomic E-state index is -0.0374. The molecule has 0 spiro atoms. The van der Waals surface area contributed by atoms with Gasteiger partial charge < -0.3 is 10.1 Å². The van der Waals surface area contributed by atoms with Gasteiger partial charge in [0.2, 0.25) is 11.8 Å². The quantitative estimate of drug-likeness (QED) is 0.359. The summed E-state index contributed by atoms with van der Waals surface area (Å²) in [7, 11) is 0. The maximum Gasteiger partial charge on any atom is 0.226 e. The van der Waals surface area contributed by atoms with Crippen molar-refractivity contribution >= 4 is 11.6 Å². The van der Waals surface area contributed by atoms with E-state index in [4.69, 9.17) is 9.84 Å². The summed E-state index contributed by atoms with van der Waals surface area (Å²) in [4.78, 5) is 12.7. The number of aromatic nitrogens is 2. The van der Waals surface area contributed by atoms with Crippen LogP contribution in [0.25, 0.3) is 5.69 Å². The number of nitrogens with one attached hydrogen (secondary N) is 1. The highest BCUT2D eigenvalue weighted by Crippen LogP contribution is 2.32. The summed E-state index contributed by atoms with van der Waals surface area (Å²) in [6.45, 7) is 8.07. The fourth-order valence-corrected chi connectivity index (χ4v) is 3.77. The summed E-state index contributed by atoms with van der Waals surface area (Å²) in [5.41, 5.74) is 6.93. The topological polar surface area (TPSA) is 56.1 Å². The third kappa shape index (κ3) is 5.50. The van der Waals surface area contributed by atoms with E-state index in [1.54, 1.807) is 0 Å². The average Bonchev–Trinajstić information content (AvgIpc) is 3.09. The Kier molecular flexibility index (Phi) is 6.59. The number of anilines is 1. The van der Waals surface area contributed by atoms with Crippen LogP contribution in [0, 0.1) is 27.7 Å². The molecule has 0 aliphatic heterocycles. The molecule has 0 unspecified atom stereocenters. The number of benzene rings is 3. The van der Waals surface area contributed by atoms with Crippen LogP contribution >= 0.6 is 0 Å². The van der Waals surface area contributed by atoms with E-state index in [0.717, 1.165) is 39.5 Å². The molecule has 1 aromatic heterocycles. The Labute approximate surface area is 195 Å². The van der Waals surface area contributed by atoms with Gasteiger partial charge in [0.1, 0.15) is 5.75 Å². The van der Waals surface area contributed by atoms with Crippen LogP contribution in [0.1, 0.15) is 34.4 Å². The molecule has 168 valence electrons. The van der Waals surface area contributed by atoms with Crippen LogP contribution in [-0.4, -0.2) is 15.7 Å². The van der Waals surface area contributed by atoms with Gasteiger partial charge in [-0.15, -0.1) is 0 Å². The third-order valence-corrected chi connectivity index (χ3v) is 5.52. The largest absolute Gasteiger partial charge is 0.439 e. The first-order valence-corrected chi connectivity index (χ1v) is 11.2. The van der Waals surface area contributed by atoms with Crippen molar-refractivity contribution in [1.29, 1.82) is 0 Å². The maximum absolute atomic E-state index is 12.7. The van der Waals surface area contributed by atoms with Crippen molar-refractivity contribution in [2.75, 3.05) is 5.32 Å². The number of amides is 1. The Morgan fingerprint density at radius 3 is 2.27 bits per heavy atom. The third-order valence-electron chi connectivity index (χ3n) is 5.52. The zero-order valence-corrected chi connectivity index (χ0v) is 19.6. The van der Waals surface area contributed by atoms with Crippen LogP contribution in [0.4, 0.5) is 5.69 Å². The number of carbonyl (C=O) groups is 1. The molecule has 0 saturated heterocycles. The number of hydrogen-bond acceptors (Lipinski definition) is 3. The lowest BCUT2D eigenvalue weighted by Crippen LogP contribution is -2.12. The lowest BCUT2D eigenvalue weighted by molar-refractivity contribution is -0.116. The molecule has 0 fully saturated rings. The number of hydrogen-bond donors (Lipinski definition) is 1. The lowest BCUT2D eigenvalue weighted by atomic mass is 10.1. The van der Waals surface area contributed by atoms with Gasteiger partial charge in [-0.25, -0.2) is 4.68 Å². The van der Waals surface area contributed by atoms with Crippen molar-refractivity contribution in [3.05, 3.63) is 101 Å². The summed E-state index contributed by atoms with van der Waals surface area (Å²) in [5, 5.41) is 7.76. The number of rotatable bonds is 7. The molecule has 1 N–H and O–H groups in total. The Hall–Kier alpha value is -3.86. The SMILES string of the molecule is Cc1ccc(Oc2c(CCC(=O)Nc3cccc(C)c3)c(C)nn2-c2cccc(C)c2)cc1. The van der Waals surface area contributed by atoms with Crippen LogP contribution in [0.3, 0.4) is 0 Å². The van der Waals surface area contributed by atoms with Crippen molar-refractivity contribution in [2.24, 2.45) is 0 Å². The zero-order chi connectivity index (χ0) is 23.4. The average molecular weight is 440 g/mol. The van der Waals surface area contributed by atoms with Gasteiger partial charge in [-0.2, -0.15) is 5.10 Å². The first kappa shape index (κ1) is 22.3. The van der Waals surface area contributed by atoms with Crippen molar-refractivity contribution in [3.8, 4) is 17.3 Å². The molecule has 0 bridgehead atoms. The van der Waals surface area contributed by atoms with E-state index in [2.05, 4.69) is 24.4 Å². The molecule has 0 atom stereocenters. The second-order valence-electron chi connectivity index (χ2n) is 8.45. The van der Waals surface area contributed by atoms with Crippen molar-refractivity contribution in [2.45, 2.75) is 40.5 Å². The van der Waals surface area contributed by atoms with Gasteiger partial charge in [-0.05, 0) is 81.6 Å². The molecule has 4 rings (SSSR count). The van der Waals surface area contributed by atoms with Gasteiger partial charge in [0, 0.05) is 17.7 Å². The molecule has 3 aromatic carbocycles. The Morgan fingerprint density at radius 1 is 0.879 bits per heavy atom. The lowest BCUT2D eigenvalue weighted by Gasteiger charge is -2.12. The monoisotopic (exact) mass is 439 g/mol. The van der Waals surface area contributed by atoms with E-state index in [0.29, 0.717) is 18.7 Å². The van der Waals surface area contributed by atoms with Crippen LogP contribution in [0.15, 0.2) is 72.8 Å². The molecule has 33 heavy (non-hydrogen) atoms.